The van der Waals surface area contributed by atoms with Gasteiger partial charge in [-0.3, -0.25) is 4.79 Å². The van der Waals surface area contributed by atoms with Crippen molar-refractivity contribution in [2.45, 2.75) is 50.4 Å². The molecule has 1 aromatic carbocycles. The first kappa shape index (κ1) is 22.9. The van der Waals surface area contributed by atoms with Gasteiger partial charge in [0.1, 0.15) is 17.6 Å². The highest BCUT2D eigenvalue weighted by atomic mass is 35.5. The topological polar surface area (TPSA) is 65.8 Å². The minimum absolute atomic E-state index is 0.0281. The Morgan fingerprint density at radius 3 is 2.68 bits per heavy atom. The van der Waals surface area contributed by atoms with Crippen molar-refractivity contribution in [3.05, 3.63) is 57.6 Å². The summed E-state index contributed by atoms with van der Waals surface area (Å²) in [6, 6.07) is 6.01. The second kappa shape index (κ2) is 9.18. The molecule has 0 saturated heterocycles. The van der Waals surface area contributed by atoms with Crippen LogP contribution >= 0.6 is 11.6 Å². The number of hydrogen-bond acceptors (Lipinski definition) is 3. The summed E-state index contributed by atoms with van der Waals surface area (Å²) in [5.41, 5.74) is -1.09. The second-order valence-corrected chi connectivity index (χ2v) is 7.74. The number of alkyl halides is 4. The number of nitriles is 1. The monoisotopic (exact) mass is 457 g/mol. The number of hydrogen-bond donors (Lipinski definition) is 1. The van der Waals surface area contributed by atoms with Crippen LogP contribution in [-0.4, -0.2) is 16.8 Å². The molecule has 10 heteroatoms. The number of aromatic nitrogens is 1. The highest BCUT2D eigenvalue weighted by molar-refractivity contribution is 6.31. The van der Waals surface area contributed by atoms with E-state index in [9.17, 15) is 26.7 Å². The molecule has 4 nitrogen and oxygen atoms in total. The van der Waals surface area contributed by atoms with E-state index in [2.05, 4.69) is 10.3 Å². The van der Waals surface area contributed by atoms with Crippen molar-refractivity contribution in [2.24, 2.45) is 0 Å². The molecule has 1 aliphatic carbocycles. The van der Waals surface area contributed by atoms with E-state index in [1.54, 1.807) is 6.07 Å². The summed E-state index contributed by atoms with van der Waals surface area (Å²) in [7, 11) is 0. The van der Waals surface area contributed by atoms with Crippen LogP contribution in [-0.2, 0) is 0 Å². The van der Waals surface area contributed by atoms with Crippen LogP contribution in [0.25, 0.3) is 0 Å². The van der Waals surface area contributed by atoms with Gasteiger partial charge in [-0.05, 0) is 43.5 Å². The predicted molar refractivity (Wildman–Crippen MR) is 104 cm³/mol. The molecule has 1 heterocycles. The Morgan fingerprint density at radius 1 is 1.26 bits per heavy atom. The smallest absolute Gasteiger partial charge is 0.281 e. The average Bonchev–Trinajstić information content (AvgIpc) is 2.89. The molecule has 1 unspecified atom stereocenters. The lowest BCUT2D eigenvalue weighted by molar-refractivity contribution is -0.0142. The number of nitrogens with one attached hydrogen (secondary N) is 1. The Morgan fingerprint density at radius 2 is 2.00 bits per heavy atom. The van der Waals surface area contributed by atoms with E-state index < -0.39 is 47.1 Å². The zero-order chi connectivity index (χ0) is 22.8. The third-order valence-corrected chi connectivity index (χ3v) is 5.47. The van der Waals surface area contributed by atoms with Crippen molar-refractivity contribution in [2.75, 3.05) is 5.32 Å². The summed E-state index contributed by atoms with van der Waals surface area (Å²) in [5.74, 6) is -5.05. The standard InChI is InChI=1S/C21H17ClF5N3O/c22-15-9-14(20(31)29-13-3-4-16(23)12(8-13)10-28)17(30-18(15)19(24)25)11-2-1-6-21(26,27)7-5-11/h3-4,8-9,11,19H,1-2,5-7H2,(H,29,31). The molecule has 1 aromatic heterocycles. The van der Waals surface area contributed by atoms with Crippen molar-refractivity contribution in [3.8, 4) is 6.07 Å². The van der Waals surface area contributed by atoms with Gasteiger partial charge < -0.3 is 5.32 Å². The van der Waals surface area contributed by atoms with E-state index >= 15 is 0 Å². The Balaban J connectivity index is 1.99. The summed E-state index contributed by atoms with van der Waals surface area (Å²) >= 11 is 5.89. The van der Waals surface area contributed by atoms with Crippen LogP contribution in [0.2, 0.25) is 5.02 Å². The van der Waals surface area contributed by atoms with Gasteiger partial charge in [-0.1, -0.05) is 11.6 Å². The molecular formula is C21H17ClF5N3O. The van der Waals surface area contributed by atoms with E-state index in [-0.39, 0.29) is 48.2 Å². The van der Waals surface area contributed by atoms with Crippen molar-refractivity contribution in [3.63, 3.8) is 0 Å². The average molecular weight is 458 g/mol. The van der Waals surface area contributed by atoms with Gasteiger partial charge in [0, 0.05) is 24.4 Å². The maximum Gasteiger partial charge on any atom is 0.281 e. The molecule has 0 spiro atoms. The fourth-order valence-corrected chi connectivity index (χ4v) is 3.82. The van der Waals surface area contributed by atoms with E-state index in [1.165, 1.54) is 6.07 Å². The Bertz CT molecular complexity index is 1040. The maximum absolute atomic E-state index is 13.8. The van der Waals surface area contributed by atoms with Gasteiger partial charge in [0.15, 0.2) is 0 Å². The summed E-state index contributed by atoms with van der Waals surface area (Å²) < 4.78 is 67.8. The van der Waals surface area contributed by atoms with Crippen LogP contribution < -0.4 is 5.32 Å². The summed E-state index contributed by atoms with van der Waals surface area (Å²) in [6.45, 7) is 0. The van der Waals surface area contributed by atoms with Crippen LogP contribution in [0.3, 0.4) is 0 Å². The SMILES string of the molecule is N#Cc1cc(NC(=O)c2cc(Cl)c(C(F)F)nc2C2CCCC(F)(F)CC2)ccc1F. The number of rotatable bonds is 4. The number of benzene rings is 1. The largest absolute Gasteiger partial charge is 0.322 e. The summed E-state index contributed by atoms with van der Waals surface area (Å²) in [6.07, 6.45) is -3.41. The van der Waals surface area contributed by atoms with Gasteiger partial charge in [-0.25, -0.2) is 26.9 Å². The molecular weight excluding hydrogens is 441 g/mol. The molecule has 164 valence electrons. The number of anilines is 1. The van der Waals surface area contributed by atoms with Crippen LogP contribution in [0, 0.1) is 17.1 Å². The van der Waals surface area contributed by atoms with Crippen molar-refractivity contribution in [1.29, 1.82) is 5.26 Å². The molecule has 1 fully saturated rings. The Kier molecular flexibility index (Phi) is 6.80. The lowest BCUT2D eigenvalue weighted by Gasteiger charge is -2.20. The van der Waals surface area contributed by atoms with Crippen LogP contribution in [0.15, 0.2) is 24.3 Å². The zero-order valence-electron chi connectivity index (χ0n) is 16.1. The second-order valence-electron chi connectivity index (χ2n) is 7.33. The number of halogens is 6. The van der Waals surface area contributed by atoms with Gasteiger partial charge in [0.05, 0.1) is 21.8 Å². The molecule has 2 aromatic rings. The van der Waals surface area contributed by atoms with Gasteiger partial charge in [0.25, 0.3) is 12.3 Å². The Hall–Kier alpha value is -2.73. The number of amides is 1. The molecule has 3 rings (SSSR count). The molecule has 1 atom stereocenters. The molecule has 1 saturated carbocycles. The molecule has 1 amide bonds. The van der Waals surface area contributed by atoms with Crippen LogP contribution in [0.4, 0.5) is 27.6 Å². The molecule has 0 aliphatic heterocycles. The fourth-order valence-electron chi connectivity index (χ4n) is 3.59. The van der Waals surface area contributed by atoms with Gasteiger partial charge in [-0.2, -0.15) is 5.26 Å². The number of carbonyl (C=O) groups excluding carboxylic acids is 1. The maximum atomic E-state index is 13.8. The molecule has 31 heavy (non-hydrogen) atoms. The summed E-state index contributed by atoms with van der Waals surface area (Å²) in [4.78, 5) is 16.8. The summed E-state index contributed by atoms with van der Waals surface area (Å²) in [5, 5.41) is 11.0. The molecule has 0 radical (unpaired) electrons. The minimum Gasteiger partial charge on any atom is -0.322 e. The van der Waals surface area contributed by atoms with Gasteiger partial charge >= 0.3 is 0 Å². The van der Waals surface area contributed by atoms with E-state index in [4.69, 9.17) is 16.9 Å². The molecule has 1 aliphatic rings. The Labute approximate surface area is 180 Å². The minimum atomic E-state index is -3.01. The normalized spacial score (nSPS) is 18.3. The first-order valence-electron chi connectivity index (χ1n) is 9.48. The highest BCUT2D eigenvalue weighted by Gasteiger charge is 2.35. The highest BCUT2D eigenvalue weighted by Crippen LogP contribution is 2.40. The van der Waals surface area contributed by atoms with E-state index in [1.807, 2.05) is 0 Å². The quantitative estimate of drug-likeness (QED) is 0.414. The number of carbonyl (C=O) groups is 1. The lowest BCUT2D eigenvalue weighted by atomic mass is 9.92. The number of nitrogens with zero attached hydrogens (tertiary/aromatic N) is 2. The third-order valence-electron chi connectivity index (χ3n) is 5.17. The van der Waals surface area contributed by atoms with Crippen molar-refractivity contribution < 1.29 is 26.7 Å². The number of pyridine rings is 1. The molecule has 1 N–H and O–H groups in total. The fraction of sp³-hybridized carbons (Fsp3) is 0.381. The zero-order valence-corrected chi connectivity index (χ0v) is 16.8. The lowest BCUT2D eigenvalue weighted by Crippen LogP contribution is -2.19. The van der Waals surface area contributed by atoms with Crippen molar-refractivity contribution >= 4 is 23.2 Å². The van der Waals surface area contributed by atoms with Crippen molar-refractivity contribution in [1.82, 2.24) is 4.98 Å². The van der Waals surface area contributed by atoms with Gasteiger partial charge in [-0.15, -0.1) is 0 Å². The van der Waals surface area contributed by atoms with Crippen LogP contribution in [0.1, 0.15) is 71.8 Å². The van der Waals surface area contributed by atoms with Crippen LogP contribution in [0.5, 0.6) is 0 Å². The van der Waals surface area contributed by atoms with E-state index in [0.717, 1.165) is 18.2 Å². The first-order valence-corrected chi connectivity index (χ1v) is 9.86. The molecule has 0 bridgehead atoms. The predicted octanol–water partition coefficient (Wildman–Crippen LogP) is 6.62. The third kappa shape index (κ3) is 5.31. The van der Waals surface area contributed by atoms with E-state index in [0.29, 0.717) is 0 Å². The first-order chi connectivity index (χ1) is 14.6. The van der Waals surface area contributed by atoms with Gasteiger partial charge in [0.2, 0.25) is 5.92 Å².